The van der Waals surface area contributed by atoms with E-state index in [1.807, 2.05) is 0 Å². The predicted molar refractivity (Wildman–Crippen MR) is 75.4 cm³/mol. The van der Waals surface area contributed by atoms with Crippen LogP contribution in [0.5, 0.6) is 0 Å². The van der Waals surface area contributed by atoms with Gasteiger partial charge in [-0.3, -0.25) is 9.48 Å². The minimum absolute atomic E-state index is 0.0553. The first-order valence-corrected chi connectivity index (χ1v) is 6.33. The maximum absolute atomic E-state index is 12.0. The highest BCUT2D eigenvalue weighted by Gasteiger charge is 2.16. The van der Waals surface area contributed by atoms with Crippen LogP contribution in [0.15, 0.2) is 24.4 Å². The molecule has 0 aliphatic heterocycles. The van der Waals surface area contributed by atoms with Crippen LogP contribution in [0.25, 0.3) is 0 Å². The number of hydrogen-bond acceptors (Lipinski definition) is 5. The monoisotopic (exact) mass is 309 g/mol. The topological polar surface area (TPSA) is 123 Å². The number of benzene rings is 1. The lowest BCUT2D eigenvalue weighted by Crippen LogP contribution is -2.15. The summed E-state index contributed by atoms with van der Waals surface area (Å²) >= 11 is 5.81. The Morgan fingerprint density at radius 1 is 1.43 bits per heavy atom. The van der Waals surface area contributed by atoms with Gasteiger partial charge in [0.1, 0.15) is 0 Å². The summed E-state index contributed by atoms with van der Waals surface area (Å²) in [6, 6.07) is 4.09. The second kappa shape index (κ2) is 6.33. The summed E-state index contributed by atoms with van der Waals surface area (Å²) in [5, 5.41) is 19.3. The Balaban J connectivity index is 2.22. The van der Waals surface area contributed by atoms with E-state index in [1.54, 1.807) is 0 Å². The highest BCUT2D eigenvalue weighted by Crippen LogP contribution is 2.21. The highest BCUT2D eigenvalue weighted by molar-refractivity contribution is 6.31. The van der Waals surface area contributed by atoms with Crippen LogP contribution in [0.3, 0.4) is 0 Å². The molecule has 0 fully saturated rings. The van der Waals surface area contributed by atoms with E-state index in [4.69, 9.17) is 22.4 Å². The van der Waals surface area contributed by atoms with Crippen molar-refractivity contribution in [2.24, 2.45) is 5.73 Å². The normalized spacial score (nSPS) is 10.4. The standard InChI is InChI=1S/C12H12ClN5O3/c13-7-1-2-8(12(20)21)9(5-7)15-11(19)10-6-18(4-3-14)17-16-10/h1-2,5-6H,3-4,14H2,(H,15,19)(H,20,21). The van der Waals surface area contributed by atoms with Gasteiger partial charge in [0.05, 0.1) is 24.0 Å². The molecule has 0 aliphatic carbocycles. The number of carboxylic acid groups (broad SMARTS) is 1. The molecule has 0 radical (unpaired) electrons. The van der Waals surface area contributed by atoms with Gasteiger partial charge in [0.25, 0.3) is 5.91 Å². The molecule has 1 heterocycles. The largest absolute Gasteiger partial charge is 0.478 e. The molecule has 9 heteroatoms. The van der Waals surface area contributed by atoms with Gasteiger partial charge in [0.2, 0.25) is 0 Å². The first-order valence-electron chi connectivity index (χ1n) is 5.95. The highest BCUT2D eigenvalue weighted by atomic mass is 35.5. The van der Waals surface area contributed by atoms with E-state index in [0.29, 0.717) is 18.1 Å². The molecule has 0 saturated heterocycles. The Morgan fingerprint density at radius 3 is 2.86 bits per heavy atom. The second-order valence-corrected chi connectivity index (χ2v) is 4.54. The number of carbonyl (C=O) groups excluding carboxylic acids is 1. The molecule has 2 aromatic rings. The number of anilines is 1. The molecule has 8 nitrogen and oxygen atoms in total. The number of aromatic nitrogens is 3. The van der Waals surface area contributed by atoms with Crippen LogP contribution in [-0.4, -0.2) is 38.5 Å². The lowest BCUT2D eigenvalue weighted by molar-refractivity contribution is 0.0698. The Kier molecular flexibility index (Phi) is 4.51. The quantitative estimate of drug-likeness (QED) is 0.752. The zero-order chi connectivity index (χ0) is 15.4. The van der Waals surface area contributed by atoms with Gasteiger partial charge >= 0.3 is 5.97 Å². The Morgan fingerprint density at radius 2 is 2.19 bits per heavy atom. The first kappa shape index (κ1) is 14.9. The van der Waals surface area contributed by atoms with Crippen molar-refractivity contribution < 1.29 is 14.7 Å². The Hall–Kier alpha value is -2.45. The fraction of sp³-hybridized carbons (Fsp3) is 0.167. The molecule has 110 valence electrons. The predicted octanol–water partition coefficient (Wildman–Crippen LogP) is 0.841. The molecule has 1 amide bonds. The number of nitrogens with zero attached hydrogens (tertiary/aromatic N) is 3. The number of hydrogen-bond donors (Lipinski definition) is 3. The number of nitrogens with two attached hydrogens (primary N) is 1. The van der Waals surface area contributed by atoms with Crippen LogP contribution in [0, 0.1) is 0 Å². The van der Waals surface area contributed by atoms with Gasteiger partial charge in [0, 0.05) is 11.6 Å². The van der Waals surface area contributed by atoms with E-state index in [2.05, 4.69) is 15.6 Å². The van der Waals surface area contributed by atoms with E-state index in [-0.39, 0.29) is 16.9 Å². The SMILES string of the molecule is NCCn1cc(C(=O)Nc2cc(Cl)ccc2C(=O)O)nn1. The summed E-state index contributed by atoms with van der Waals surface area (Å²) in [7, 11) is 0. The van der Waals surface area contributed by atoms with Gasteiger partial charge in [-0.15, -0.1) is 5.10 Å². The number of nitrogens with one attached hydrogen (secondary N) is 1. The van der Waals surface area contributed by atoms with Gasteiger partial charge in [-0.05, 0) is 18.2 Å². The smallest absolute Gasteiger partial charge is 0.337 e. The number of carbonyl (C=O) groups is 2. The molecule has 0 spiro atoms. The fourth-order valence-electron chi connectivity index (χ4n) is 1.64. The molecule has 0 aliphatic rings. The number of amides is 1. The summed E-state index contributed by atoms with van der Waals surface area (Å²) in [5.41, 5.74) is 5.45. The van der Waals surface area contributed by atoms with Crippen LogP contribution in [0.4, 0.5) is 5.69 Å². The van der Waals surface area contributed by atoms with Gasteiger partial charge < -0.3 is 16.2 Å². The average molecular weight is 310 g/mol. The number of halogens is 1. The maximum Gasteiger partial charge on any atom is 0.337 e. The minimum Gasteiger partial charge on any atom is -0.478 e. The average Bonchev–Trinajstić information content (AvgIpc) is 2.87. The minimum atomic E-state index is -1.17. The van der Waals surface area contributed by atoms with Crippen LogP contribution in [-0.2, 0) is 6.54 Å². The van der Waals surface area contributed by atoms with Crippen molar-refractivity contribution in [2.75, 3.05) is 11.9 Å². The maximum atomic E-state index is 12.0. The third-order valence-electron chi connectivity index (χ3n) is 2.59. The first-order chi connectivity index (χ1) is 10.0. The summed E-state index contributed by atoms with van der Waals surface area (Å²) in [5.74, 6) is -1.75. The Bertz CT molecular complexity index is 685. The molecule has 0 atom stereocenters. The van der Waals surface area contributed by atoms with Gasteiger partial charge in [-0.2, -0.15) is 0 Å². The lowest BCUT2D eigenvalue weighted by atomic mass is 10.1. The molecule has 2 rings (SSSR count). The van der Waals surface area contributed by atoms with E-state index in [9.17, 15) is 9.59 Å². The van der Waals surface area contributed by atoms with Crippen molar-refractivity contribution in [3.8, 4) is 0 Å². The summed E-state index contributed by atoms with van der Waals surface area (Å²) in [6.07, 6.45) is 1.42. The summed E-state index contributed by atoms with van der Waals surface area (Å²) < 4.78 is 1.42. The molecule has 0 bridgehead atoms. The third kappa shape index (κ3) is 3.56. The molecule has 4 N–H and O–H groups in total. The van der Waals surface area contributed by atoms with E-state index >= 15 is 0 Å². The summed E-state index contributed by atoms with van der Waals surface area (Å²) in [4.78, 5) is 23.1. The molecule has 1 aromatic heterocycles. The van der Waals surface area contributed by atoms with Crippen LogP contribution in [0.2, 0.25) is 5.02 Å². The number of rotatable bonds is 5. The van der Waals surface area contributed by atoms with Crippen molar-refractivity contribution in [1.82, 2.24) is 15.0 Å². The van der Waals surface area contributed by atoms with Crippen LogP contribution >= 0.6 is 11.6 Å². The lowest BCUT2D eigenvalue weighted by Gasteiger charge is -2.07. The van der Waals surface area contributed by atoms with Crippen molar-refractivity contribution in [2.45, 2.75) is 6.54 Å². The van der Waals surface area contributed by atoms with E-state index in [1.165, 1.54) is 29.1 Å². The fourth-order valence-corrected chi connectivity index (χ4v) is 1.81. The van der Waals surface area contributed by atoms with Crippen LogP contribution in [0.1, 0.15) is 20.8 Å². The molecular weight excluding hydrogens is 298 g/mol. The molecular formula is C12H12ClN5O3. The number of aromatic carboxylic acids is 1. The van der Waals surface area contributed by atoms with E-state index < -0.39 is 11.9 Å². The number of carboxylic acids is 1. The van der Waals surface area contributed by atoms with Gasteiger partial charge in [-0.1, -0.05) is 16.8 Å². The van der Waals surface area contributed by atoms with Crippen molar-refractivity contribution >= 4 is 29.2 Å². The molecule has 0 saturated carbocycles. The van der Waals surface area contributed by atoms with Gasteiger partial charge in [-0.25, -0.2) is 4.79 Å². The van der Waals surface area contributed by atoms with Crippen molar-refractivity contribution in [3.63, 3.8) is 0 Å². The molecule has 0 unspecified atom stereocenters. The van der Waals surface area contributed by atoms with Crippen LogP contribution < -0.4 is 11.1 Å². The van der Waals surface area contributed by atoms with E-state index in [0.717, 1.165) is 0 Å². The van der Waals surface area contributed by atoms with Crippen molar-refractivity contribution in [3.05, 3.63) is 40.7 Å². The zero-order valence-corrected chi connectivity index (χ0v) is 11.5. The Labute approximate surface area is 124 Å². The van der Waals surface area contributed by atoms with Crippen molar-refractivity contribution in [1.29, 1.82) is 0 Å². The second-order valence-electron chi connectivity index (χ2n) is 4.10. The third-order valence-corrected chi connectivity index (χ3v) is 2.82. The molecule has 21 heavy (non-hydrogen) atoms. The summed E-state index contributed by atoms with van der Waals surface area (Å²) in [6.45, 7) is 0.791. The van der Waals surface area contributed by atoms with Gasteiger partial charge in [0.15, 0.2) is 5.69 Å². The zero-order valence-electron chi connectivity index (χ0n) is 10.8. The molecule has 1 aromatic carbocycles.